The highest BCUT2D eigenvalue weighted by Gasteiger charge is 2.24. The van der Waals surface area contributed by atoms with E-state index in [1.54, 1.807) is 0 Å². The number of aliphatic hydroxyl groups is 2. The number of nitrogens with zero attached hydrogens (tertiary/aromatic N) is 2. The van der Waals surface area contributed by atoms with Crippen LogP contribution in [0, 0.1) is 0 Å². The van der Waals surface area contributed by atoms with Gasteiger partial charge in [-0.1, -0.05) is 23.7 Å². The molecule has 2 heterocycles. The maximum absolute atomic E-state index is 10.7. The Kier molecular flexibility index (Phi) is 5.05. The molecule has 1 aliphatic heterocycles. The summed E-state index contributed by atoms with van der Waals surface area (Å²) >= 11 is 6.53. The van der Waals surface area contributed by atoms with E-state index < -0.39 is 6.10 Å². The molecule has 2 aromatic rings. The predicted octanol–water partition coefficient (Wildman–Crippen LogP) is 2.99. The molecule has 2 aliphatic rings. The number of halogens is 1. The number of piperidine rings is 1. The van der Waals surface area contributed by atoms with E-state index in [1.165, 1.54) is 29.5 Å². The fraction of sp³-hybridized carbons (Fsp3) is 0.600. The third-order valence-corrected chi connectivity index (χ3v) is 6.07. The van der Waals surface area contributed by atoms with E-state index in [1.807, 2.05) is 12.1 Å². The number of aromatic nitrogens is 1. The summed E-state index contributed by atoms with van der Waals surface area (Å²) in [5.41, 5.74) is 3.88. The zero-order valence-corrected chi connectivity index (χ0v) is 15.4. The van der Waals surface area contributed by atoms with Crippen LogP contribution in [0.4, 0.5) is 0 Å². The summed E-state index contributed by atoms with van der Waals surface area (Å²) in [7, 11) is 0. The lowest BCUT2D eigenvalue weighted by molar-refractivity contribution is 0.0460. The molecule has 1 aliphatic carbocycles. The van der Waals surface area contributed by atoms with Crippen LogP contribution in [-0.2, 0) is 19.4 Å². The molecule has 136 valence electrons. The van der Waals surface area contributed by atoms with Gasteiger partial charge in [-0.3, -0.25) is 0 Å². The zero-order valence-electron chi connectivity index (χ0n) is 14.6. The highest BCUT2D eigenvalue weighted by molar-refractivity contribution is 6.35. The number of aliphatic hydroxyl groups excluding tert-OH is 2. The van der Waals surface area contributed by atoms with Crippen LogP contribution in [0.1, 0.15) is 36.9 Å². The maximum Gasteiger partial charge on any atom is 0.0845 e. The molecule has 4 rings (SSSR count). The molecule has 0 saturated carbocycles. The van der Waals surface area contributed by atoms with E-state index in [-0.39, 0.29) is 6.10 Å². The Balaban J connectivity index is 1.58. The highest BCUT2D eigenvalue weighted by Crippen LogP contribution is 2.35. The second kappa shape index (κ2) is 7.28. The molecule has 4 nitrogen and oxygen atoms in total. The Morgan fingerprint density at radius 1 is 1.12 bits per heavy atom. The summed E-state index contributed by atoms with van der Waals surface area (Å²) < 4.78 is 2.27. The molecule has 0 radical (unpaired) electrons. The second-order valence-electron chi connectivity index (χ2n) is 7.56. The summed E-state index contributed by atoms with van der Waals surface area (Å²) in [6.45, 7) is 2.98. The first-order chi connectivity index (χ1) is 12.1. The van der Waals surface area contributed by atoms with Crippen LogP contribution < -0.4 is 0 Å². The molecule has 5 heteroatoms. The Bertz CT molecular complexity index is 750. The number of aryl methyl sites for hydroxylation is 1. The van der Waals surface area contributed by atoms with Crippen molar-refractivity contribution in [1.82, 2.24) is 9.47 Å². The van der Waals surface area contributed by atoms with Crippen LogP contribution in [0.5, 0.6) is 0 Å². The van der Waals surface area contributed by atoms with Crippen molar-refractivity contribution in [2.45, 2.75) is 57.3 Å². The molecule has 1 unspecified atom stereocenters. The van der Waals surface area contributed by atoms with Crippen molar-refractivity contribution >= 4 is 22.5 Å². The van der Waals surface area contributed by atoms with Crippen molar-refractivity contribution in [1.29, 1.82) is 0 Å². The van der Waals surface area contributed by atoms with Crippen LogP contribution in [0.2, 0.25) is 5.02 Å². The first kappa shape index (κ1) is 17.3. The minimum Gasteiger partial charge on any atom is -0.393 e. The van der Waals surface area contributed by atoms with Crippen molar-refractivity contribution in [2.75, 3.05) is 19.6 Å². The predicted molar refractivity (Wildman–Crippen MR) is 101 cm³/mol. The number of β-amino-alcohol motifs (C(OH)–C–C–N with tert-alkyl or cyclic N) is 1. The average Bonchev–Trinajstić information content (AvgIpc) is 2.93. The van der Waals surface area contributed by atoms with Gasteiger partial charge in [-0.25, -0.2) is 0 Å². The van der Waals surface area contributed by atoms with E-state index >= 15 is 0 Å². The molecular formula is C20H27ClN2O2. The fourth-order valence-corrected chi connectivity index (χ4v) is 4.79. The smallest absolute Gasteiger partial charge is 0.0845 e. The average molecular weight is 363 g/mol. The van der Waals surface area contributed by atoms with Crippen LogP contribution >= 0.6 is 11.6 Å². The SMILES string of the molecule is OC1CCN(CC(O)Cn2c3c(c4cccc(Cl)c42)CCCC3)CC1. The summed E-state index contributed by atoms with van der Waals surface area (Å²) in [6, 6.07) is 6.14. The normalized spacial score (nSPS) is 20.8. The van der Waals surface area contributed by atoms with Crippen molar-refractivity contribution in [3.05, 3.63) is 34.5 Å². The molecule has 1 fully saturated rings. The molecule has 2 N–H and O–H groups in total. The first-order valence-electron chi connectivity index (χ1n) is 9.50. The molecule has 1 aromatic carbocycles. The van der Waals surface area contributed by atoms with Gasteiger partial charge in [-0.2, -0.15) is 0 Å². The van der Waals surface area contributed by atoms with E-state index in [4.69, 9.17) is 11.6 Å². The van der Waals surface area contributed by atoms with E-state index in [0.717, 1.165) is 49.3 Å². The molecule has 1 saturated heterocycles. The van der Waals surface area contributed by atoms with Crippen LogP contribution in [0.25, 0.3) is 10.9 Å². The van der Waals surface area contributed by atoms with E-state index in [2.05, 4.69) is 15.5 Å². The third-order valence-electron chi connectivity index (χ3n) is 5.77. The van der Waals surface area contributed by atoms with Crippen molar-refractivity contribution < 1.29 is 10.2 Å². The molecule has 0 amide bonds. The first-order valence-corrected chi connectivity index (χ1v) is 9.88. The van der Waals surface area contributed by atoms with Crippen LogP contribution in [0.15, 0.2) is 18.2 Å². The van der Waals surface area contributed by atoms with Gasteiger partial charge in [0.15, 0.2) is 0 Å². The molecule has 0 bridgehead atoms. The Morgan fingerprint density at radius 2 is 1.88 bits per heavy atom. The van der Waals surface area contributed by atoms with Gasteiger partial charge in [-0.05, 0) is 50.2 Å². The summed E-state index contributed by atoms with van der Waals surface area (Å²) in [5, 5.41) is 22.4. The molecule has 25 heavy (non-hydrogen) atoms. The van der Waals surface area contributed by atoms with Crippen LogP contribution in [-0.4, -0.2) is 51.5 Å². The Hall–Kier alpha value is -1.07. The lowest BCUT2D eigenvalue weighted by Crippen LogP contribution is -2.41. The zero-order chi connectivity index (χ0) is 17.4. The minimum atomic E-state index is -0.423. The van der Waals surface area contributed by atoms with Gasteiger partial charge in [0, 0.05) is 30.7 Å². The molecule has 1 aromatic heterocycles. The number of likely N-dealkylation sites (tertiary alicyclic amines) is 1. The number of para-hydroxylation sites is 1. The van der Waals surface area contributed by atoms with Gasteiger partial charge >= 0.3 is 0 Å². The maximum atomic E-state index is 10.7. The second-order valence-corrected chi connectivity index (χ2v) is 7.97. The minimum absolute atomic E-state index is 0.174. The van der Waals surface area contributed by atoms with Gasteiger partial charge < -0.3 is 19.7 Å². The quantitative estimate of drug-likeness (QED) is 0.879. The number of benzene rings is 1. The highest BCUT2D eigenvalue weighted by atomic mass is 35.5. The van der Waals surface area contributed by atoms with Gasteiger partial charge in [0.1, 0.15) is 0 Å². The van der Waals surface area contributed by atoms with E-state index in [9.17, 15) is 10.2 Å². The van der Waals surface area contributed by atoms with Crippen molar-refractivity contribution in [3.63, 3.8) is 0 Å². The Morgan fingerprint density at radius 3 is 2.68 bits per heavy atom. The summed E-state index contributed by atoms with van der Waals surface area (Å²) in [4.78, 5) is 2.26. The van der Waals surface area contributed by atoms with Gasteiger partial charge in [0.05, 0.1) is 29.3 Å². The largest absolute Gasteiger partial charge is 0.393 e. The third kappa shape index (κ3) is 3.45. The monoisotopic (exact) mass is 362 g/mol. The molecule has 0 spiro atoms. The van der Waals surface area contributed by atoms with Gasteiger partial charge in [0.25, 0.3) is 0 Å². The van der Waals surface area contributed by atoms with Gasteiger partial charge in [0.2, 0.25) is 0 Å². The number of hydrogen-bond donors (Lipinski definition) is 2. The summed E-state index contributed by atoms with van der Waals surface area (Å²) in [6.07, 6.45) is 5.64. The van der Waals surface area contributed by atoms with Crippen molar-refractivity contribution in [3.8, 4) is 0 Å². The number of fused-ring (bicyclic) bond motifs is 3. The lowest BCUT2D eigenvalue weighted by atomic mass is 9.95. The number of hydrogen-bond acceptors (Lipinski definition) is 3. The molecule has 1 atom stereocenters. The Labute approximate surface area is 154 Å². The summed E-state index contributed by atoms with van der Waals surface area (Å²) in [5.74, 6) is 0. The van der Waals surface area contributed by atoms with Gasteiger partial charge in [-0.15, -0.1) is 0 Å². The standard InChI is InChI=1S/C20H27ClN2O2/c21-18-6-3-5-17-16-4-1-2-7-19(16)23(20(17)18)13-15(25)12-22-10-8-14(24)9-11-22/h3,5-6,14-15,24-25H,1-2,4,7-13H2. The number of rotatable bonds is 4. The fourth-order valence-electron chi connectivity index (χ4n) is 4.52. The van der Waals surface area contributed by atoms with Crippen LogP contribution in [0.3, 0.4) is 0 Å². The van der Waals surface area contributed by atoms with E-state index in [0.29, 0.717) is 13.1 Å². The topological polar surface area (TPSA) is 48.6 Å². The molecular weight excluding hydrogens is 336 g/mol. The lowest BCUT2D eigenvalue weighted by Gasteiger charge is -2.31. The van der Waals surface area contributed by atoms with Crippen molar-refractivity contribution in [2.24, 2.45) is 0 Å².